The molecule has 21 heavy (non-hydrogen) atoms. The van der Waals surface area contributed by atoms with E-state index in [1.165, 1.54) is 13.8 Å². The number of carbonyl (C=O) groups is 3. The number of thiol groups is 1. The first-order chi connectivity index (χ1) is 9.61. The van der Waals surface area contributed by atoms with Gasteiger partial charge in [0.05, 0.1) is 12.2 Å². The summed E-state index contributed by atoms with van der Waals surface area (Å²) in [6, 6.07) is -3.94. The van der Waals surface area contributed by atoms with Gasteiger partial charge in [-0.25, -0.2) is 4.79 Å². The van der Waals surface area contributed by atoms with Crippen LogP contribution in [0.5, 0.6) is 0 Å². The average molecular weight is 323 g/mol. The molecule has 7 N–H and O–H groups in total. The first-order valence-corrected chi connectivity index (χ1v) is 6.81. The number of amides is 2. The number of nitrogens with one attached hydrogen (secondary N) is 2. The van der Waals surface area contributed by atoms with Gasteiger partial charge < -0.3 is 31.7 Å². The van der Waals surface area contributed by atoms with Crippen LogP contribution in [0.3, 0.4) is 0 Å². The van der Waals surface area contributed by atoms with Gasteiger partial charge in [-0.2, -0.15) is 12.6 Å². The molecule has 0 bridgehead atoms. The lowest BCUT2D eigenvalue weighted by molar-refractivity contribution is -0.142. The molecule has 0 saturated carbocycles. The fourth-order valence-electron chi connectivity index (χ4n) is 1.32. The van der Waals surface area contributed by atoms with Crippen molar-refractivity contribution in [3.8, 4) is 0 Å². The number of hydrogen-bond donors (Lipinski definition) is 7. The second-order valence-corrected chi connectivity index (χ2v) is 4.94. The van der Waals surface area contributed by atoms with Crippen LogP contribution in [-0.2, 0) is 14.4 Å². The molecule has 0 aliphatic carbocycles. The first-order valence-electron chi connectivity index (χ1n) is 6.17. The quantitative estimate of drug-likeness (QED) is 0.235. The molecular weight excluding hydrogens is 302 g/mol. The average Bonchev–Trinajstić information content (AvgIpc) is 2.39. The zero-order valence-electron chi connectivity index (χ0n) is 11.7. The Hall–Kier alpha value is -1.36. The third kappa shape index (κ3) is 6.29. The van der Waals surface area contributed by atoms with E-state index in [0.29, 0.717) is 0 Å². The van der Waals surface area contributed by atoms with Crippen molar-refractivity contribution in [2.75, 3.05) is 5.75 Å². The fraction of sp³-hybridized carbons (Fsp3) is 0.727. The Bertz CT molecular complexity index is 390. The van der Waals surface area contributed by atoms with Gasteiger partial charge in [0.15, 0.2) is 0 Å². The molecule has 0 aromatic carbocycles. The van der Waals surface area contributed by atoms with E-state index < -0.39 is 48.1 Å². The van der Waals surface area contributed by atoms with Crippen LogP contribution in [0.25, 0.3) is 0 Å². The van der Waals surface area contributed by atoms with Crippen LogP contribution in [0.2, 0.25) is 0 Å². The van der Waals surface area contributed by atoms with Gasteiger partial charge in [0.25, 0.3) is 0 Å². The molecule has 0 spiro atoms. The third-order valence-electron chi connectivity index (χ3n) is 2.68. The summed E-state index contributed by atoms with van der Waals surface area (Å²) in [6.45, 7) is 2.54. The lowest BCUT2D eigenvalue weighted by atomic mass is 10.1. The fourth-order valence-corrected chi connectivity index (χ4v) is 1.57. The Morgan fingerprint density at radius 1 is 1.10 bits per heavy atom. The van der Waals surface area contributed by atoms with Gasteiger partial charge >= 0.3 is 5.97 Å². The van der Waals surface area contributed by atoms with E-state index in [-0.39, 0.29) is 5.75 Å². The van der Waals surface area contributed by atoms with E-state index in [4.69, 9.17) is 10.8 Å². The molecule has 5 unspecified atom stereocenters. The maximum Gasteiger partial charge on any atom is 0.327 e. The van der Waals surface area contributed by atoms with E-state index in [9.17, 15) is 24.6 Å². The van der Waals surface area contributed by atoms with Crippen molar-refractivity contribution >= 4 is 30.4 Å². The minimum absolute atomic E-state index is 0.158. The van der Waals surface area contributed by atoms with Gasteiger partial charge in [-0.1, -0.05) is 0 Å². The monoisotopic (exact) mass is 323 g/mol. The molecule has 0 heterocycles. The molecule has 0 aromatic rings. The van der Waals surface area contributed by atoms with E-state index in [0.717, 1.165) is 0 Å². The minimum Gasteiger partial charge on any atom is -0.480 e. The highest BCUT2D eigenvalue weighted by atomic mass is 32.1. The molecule has 0 aromatic heterocycles. The van der Waals surface area contributed by atoms with Crippen LogP contribution in [0.4, 0.5) is 0 Å². The summed E-state index contributed by atoms with van der Waals surface area (Å²) in [7, 11) is 0. The van der Waals surface area contributed by atoms with E-state index >= 15 is 0 Å². The molecular formula is C11H21N3O6S. The zero-order chi connectivity index (χ0) is 16.7. The predicted octanol–water partition coefficient (Wildman–Crippen LogP) is -2.94. The van der Waals surface area contributed by atoms with Crippen molar-refractivity contribution in [2.45, 2.75) is 44.2 Å². The van der Waals surface area contributed by atoms with Crippen molar-refractivity contribution in [1.82, 2.24) is 10.6 Å². The Morgan fingerprint density at radius 2 is 1.62 bits per heavy atom. The van der Waals surface area contributed by atoms with Gasteiger partial charge in [0.1, 0.15) is 18.1 Å². The van der Waals surface area contributed by atoms with Gasteiger partial charge in [-0.3, -0.25) is 9.59 Å². The van der Waals surface area contributed by atoms with Crippen molar-refractivity contribution in [3.05, 3.63) is 0 Å². The third-order valence-corrected chi connectivity index (χ3v) is 3.05. The summed E-state index contributed by atoms with van der Waals surface area (Å²) in [5.74, 6) is -3.19. The van der Waals surface area contributed by atoms with Crippen molar-refractivity contribution in [2.24, 2.45) is 5.73 Å². The number of aliphatic hydroxyl groups is 2. The van der Waals surface area contributed by atoms with Gasteiger partial charge in [0.2, 0.25) is 11.8 Å². The highest BCUT2D eigenvalue weighted by Crippen LogP contribution is 1.99. The largest absolute Gasteiger partial charge is 0.480 e. The Balaban J connectivity index is 4.87. The second-order valence-electron chi connectivity index (χ2n) is 4.58. The van der Waals surface area contributed by atoms with Gasteiger partial charge in [0, 0.05) is 5.75 Å². The standard InChI is InChI=1S/C11H21N3O6S/c1-4(15)7(12)9(17)14-8(5(2)16)10(18)13-6(3-21)11(19)20/h4-8,15-16,21H,3,12H2,1-2H3,(H,13,18)(H,14,17)(H,19,20). The maximum absolute atomic E-state index is 11.9. The first kappa shape index (κ1) is 19.6. The predicted molar refractivity (Wildman–Crippen MR) is 76.7 cm³/mol. The van der Waals surface area contributed by atoms with E-state index in [1.54, 1.807) is 0 Å². The van der Waals surface area contributed by atoms with Crippen LogP contribution in [0.15, 0.2) is 0 Å². The summed E-state index contributed by atoms with van der Waals surface area (Å²) in [5.41, 5.74) is 5.40. The Labute approximate surface area is 127 Å². The number of carboxylic acids is 1. The van der Waals surface area contributed by atoms with Crippen LogP contribution in [0.1, 0.15) is 13.8 Å². The number of hydrogen-bond acceptors (Lipinski definition) is 7. The van der Waals surface area contributed by atoms with Crippen LogP contribution in [-0.4, -0.2) is 69.2 Å². The summed E-state index contributed by atoms with van der Waals surface area (Å²) < 4.78 is 0. The number of aliphatic carboxylic acids is 1. The van der Waals surface area contributed by atoms with Crippen LogP contribution < -0.4 is 16.4 Å². The number of rotatable bonds is 8. The van der Waals surface area contributed by atoms with Crippen LogP contribution >= 0.6 is 12.6 Å². The van der Waals surface area contributed by atoms with Crippen molar-refractivity contribution < 1.29 is 29.7 Å². The topological polar surface area (TPSA) is 162 Å². The summed E-state index contributed by atoms with van der Waals surface area (Å²) in [5, 5.41) is 31.8. The summed E-state index contributed by atoms with van der Waals surface area (Å²) in [6.07, 6.45) is -2.43. The molecule has 2 amide bonds. The lowest BCUT2D eigenvalue weighted by Crippen LogP contribution is -2.59. The molecule has 10 heteroatoms. The lowest BCUT2D eigenvalue weighted by Gasteiger charge is -2.24. The zero-order valence-corrected chi connectivity index (χ0v) is 12.6. The highest BCUT2D eigenvalue weighted by molar-refractivity contribution is 7.80. The van der Waals surface area contributed by atoms with Crippen LogP contribution in [0, 0.1) is 0 Å². The molecule has 0 saturated heterocycles. The second kappa shape index (κ2) is 8.82. The molecule has 0 aliphatic rings. The molecule has 0 radical (unpaired) electrons. The number of carboxylic acid groups (broad SMARTS) is 1. The summed E-state index contributed by atoms with van der Waals surface area (Å²) in [4.78, 5) is 34.4. The molecule has 0 rings (SSSR count). The molecule has 122 valence electrons. The summed E-state index contributed by atoms with van der Waals surface area (Å²) >= 11 is 3.78. The van der Waals surface area contributed by atoms with E-state index in [2.05, 4.69) is 23.3 Å². The SMILES string of the molecule is CC(O)C(N)C(=O)NC(C(=O)NC(CS)C(=O)O)C(C)O. The number of nitrogens with two attached hydrogens (primary N) is 1. The number of aliphatic hydroxyl groups excluding tert-OH is 2. The molecule has 0 aliphatic heterocycles. The minimum atomic E-state index is -1.40. The maximum atomic E-state index is 11.9. The molecule has 9 nitrogen and oxygen atoms in total. The number of carbonyl (C=O) groups excluding carboxylic acids is 2. The van der Waals surface area contributed by atoms with Crippen molar-refractivity contribution in [1.29, 1.82) is 0 Å². The smallest absolute Gasteiger partial charge is 0.327 e. The highest BCUT2D eigenvalue weighted by Gasteiger charge is 2.31. The van der Waals surface area contributed by atoms with Gasteiger partial charge in [-0.05, 0) is 13.8 Å². The van der Waals surface area contributed by atoms with Gasteiger partial charge in [-0.15, -0.1) is 0 Å². The van der Waals surface area contributed by atoms with E-state index in [1.807, 2.05) is 0 Å². The Morgan fingerprint density at radius 3 is 1.95 bits per heavy atom. The Kier molecular flexibility index (Phi) is 8.25. The molecule has 5 atom stereocenters. The van der Waals surface area contributed by atoms with Crippen molar-refractivity contribution in [3.63, 3.8) is 0 Å². The normalized spacial score (nSPS) is 18.0. The molecule has 0 fully saturated rings.